The molecule has 0 radical (unpaired) electrons. The van der Waals surface area contributed by atoms with Crippen molar-refractivity contribution in [2.75, 3.05) is 36.0 Å². The van der Waals surface area contributed by atoms with Gasteiger partial charge in [-0.25, -0.2) is 14.4 Å². The molecule has 1 fully saturated rings. The molecule has 0 saturated carbocycles. The SMILES string of the molecule is Fc1cncnc1N1CCCN(c2ccc3nnc(-c4ccncc4)n3n2)CC1. The first-order valence-corrected chi connectivity index (χ1v) is 9.38. The predicted molar refractivity (Wildman–Crippen MR) is 105 cm³/mol. The van der Waals surface area contributed by atoms with Crippen LogP contribution in [0.1, 0.15) is 6.42 Å². The first-order valence-electron chi connectivity index (χ1n) is 9.38. The van der Waals surface area contributed by atoms with Crippen molar-refractivity contribution in [2.24, 2.45) is 0 Å². The van der Waals surface area contributed by atoms with Crippen LogP contribution in [0.15, 0.2) is 49.2 Å². The van der Waals surface area contributed by atoms with Gasteiger partial charge in [-0.1, -0.05) is 0 Å². The maximum absolute atomic E-state index is 14.1. The lowest BCUT2D eigenvalue weighted by Gasteiger charge is -2.23. The van der Waals surface area contributed by atoms with E-state index in [0.717, 1.165) is 30.9 Å². The molecule has 5 rings (SSSR count). The predicted octanol–water partition coefficient (Wildman–Crippen LogP) is 1.83. The highest BCUT2D eigenvalue weighted by Crippen LogP contribution is 2.21. The van der Waals surface area contributed by atoms with Gasteiger partial charge in [0.25, 0.3) is 0 Å². The summed E-state index contributed by atoms with van der Waals surface area (Å²) in [6.07, 6.45) is 6.88. The van der Waals surface area contributed by atoms with Crippen LogP contribution in [0.5, 0.6) is 0 Å². The van der Waals surface area contributed by atoms with Gasteiger partial charge in [0.1, 0.15) is 12.1 Å². The highest BCUT2D eigenvalue weighted by molar-refractivity contribution is 5.59. The fourth-order valence-corrected chi connectivity index (χ4v) is 3.53. The molecule has 0 N–H and O–H groups in total. The molecule has 0 unspecified atom stereocenters. The molecule has 1 saturated heterocycles. The molecular weight excluding hydrogens is 373 g/mol. The van der Waals surface area contributed by atoms with Crippen molar-refractivity contribution >= 4 is 17.3 Å². The normalized spacial score (nSPS) is 14.9. The van der Waals surface area contributed by atoms with Gasteiger partial charge in [-0.3, -0.25) is 4.98 Å². The summed E-state index contributed by atoms with van der Waals surface area (Å²) in [6.45, 7) is 2.89. The van der Waals surface area contributed by atoms with E-state index in [9.17, 15) is 4.39 Å². The standard InChI is InChI=1S/C19H18FN9/c20-15-12-22-13-23-19(15)28-9-1-8-27(10-11-28)17-3-2-16-24-25-18(29(16)26-17)14-4-6-21-7-5-14/h2-7,12-13H,1,8-11H2. The topological polar surface area (TPSA) is 88.2 Å². The molecule has 0 atom stereocenters. The second-order valence-electron chi connectivity index (χ2n) is 6.74. The summed E-state index contributed by atoms with van der Waals surface area (Å²) in [5.41, 5.74) is 1.58. The highest BCUT2D eigenvalue weighted by atomic mass is 19.1. The first kappa shape index (κ1) is 17.4. The molecule has 146 valence electrons. The van der Waals surface area contributed by atoms with E-state index in [1.54, 1.807) is 16.9 Å². The minimum absolute atomic E-state index is 0.351. The number of fused-ring (bicyclic) bond motifs is 1. The van der Waals surface area contributed by atoms with Gasteiger partial charge in [0.2, 0.25) is 0 Å². The number of pyridine rings is 1. The van der Waals surface area contributed by atoms with Crippen molar-refractivity contribution < 1.29 is 4.39 Å². The molecule has 5 heterocycles. The van der Waals surface area contributed by atoms with Crippen LogP contribution in [0.2, 0.25) is 0 Å². The number of aromatic nitrogens is 7. The Morgan fingerprint density at radius 1 is 0.862 bits per heavy atom. The van der Waals surface area contributed by atoms with Gasteiger partial charge >= 0.3 is 0 Å². The lowest BCUT2D eigenvalue weighted by Crippen LogP contribution is -2.32. The maximum Gasteiger partial charge on any atom is 0.185 e. The van der Waals surface area contributed by atoms with Crippen LogP contribution in [0.3, 0.4) is 0 Å². The Bertz CT molecular complexity index is 1130. The molecule has 1 aliphatic rings. The monoisotopic (exact) mass is 391 g/mol. The molecule has 0 amide bonds. The van der Waals surface area contributed by atoms with Crippen LogP contribution >= 0.6 is 0 Å². The summed E-state index contributed by atoms with van der Waals surface area (Å²) < 4.78 is 15.8. The zero-order valence-corrected chi connectivity index (χ0v) is 15.6. The van der Waals surface area contributed by atoms with Crippen LogP contribution in [-0.4, -0.2) is 60.9 Å². The Labute approximate surface area is 165 Å². The number of anilines is 2. The van der Waals surface area contributed by atoms with E-state index in [-0.39, 0.29) is 0 Å². The zero-order valence-electron chi connectivity index (χ0n) is 15.6. The van der Waals surface area contributed by atoms with Crippen LogP contribution in [-0.2, 0) is 0 Å². The number of hydrogen-bond donors (Lipinski definition) is 0. The molecule has 29 heavy (non-hydrogen) atoms. The van der Waals surface area contributed by atoms with Crippen molar-refractivity contribution in [3.8, 4) is 11.4 Å². The zero-order chi connectivity index (χ0) is 19.6. The Hall–Kier alpha value is -3.69. The molecule has 4 aromatic rings. The average molecular weight is 391 g/mol. The number of nitrogens with zero attached hydrogens (tertiary/aromatic N) is 9. The van der Waals surface area contributed by atoms with Crippen LogP contribution in [0.4, 0.5) is 16.0 Å². The molecule has 4 aromatic heterocycles. The largest absolute Gasteiger partial charge is 0.353 e. The van der Waals surface area contributed by atoms with Crippen LogP contribution in [0.25, 0.3) is 17.0 Å². The van der Waals surface area contributed by atoms with Crippen molar-refractivity contribution in [3.63, 3.8) is 0 Å². The number of halogens is 1. The average Bonchev–Trinajstić information content (AvgIpc) is 3.03. The third-order valence-electron chi connectivity index (χ3n) is 4.95. The van der Waals surface area contributed by atoms with Crippen LogP contribution < -0.4 is 9.80 Å². The molecular formula is C19H18FN9. The lowest BCUT2D eigenvalue weighted by atomic mass is 10.2. The Morgan fingerprint density at radius 2 is 1.69 bits per heavy atom. The van der Waals surface area contributed by atoms with Gasteiger partial charge in [0.15, 0.2) is 23.1 Å². The maximum atomic E-state index is 14.1. The molecule has 0 aromatic carbocycles. The number of rotatable bonds is 3. The first-order chi connectivity index (χ1) is 14.3. The summed E-state index contributed by atoms with van der Waals surface area (Å²) >= 11 is 0. The summed E-state index contributed by atoms with van der Waals surface area (Å²) in [5.74, 6) is 1.46. The van der Waals surface area contributed by atoms with Gasteiger partial charge in [0.05, 0.1) is 6.20 Å². The van der Waals surface area contributed by atoms with Crippen molar-refractivity contribution in [3.05, 3.63) is 55.0 Å². The Balaban J connectivity index is 1.42. The Morgan fingerprint density at radius 3 is 2.55 bits per heavy atom. The summed E-state index contributed by atoms with van der Waals surface area (Å²) in [5, 5.41) is 13.3. The van der Waals surface area contributed by atoms with Gasteiger partial charge in [0, 0.05) is 44.1 Å². The van der Waals surface area contributed by atoms with Gasteiger partial charge in [-0.2, -0.15) is 4.52 Å². The van der Waals surface area contributed by atoms with E-state index >= 15 is 0 Å². The summed E-state index contributed by atoms with van der Waals surface area (Å²) in [7, 11) is 0. The minimum Gasteiger partial charge on any atom is -0.353 e. The van der Waals surface area contributed by atoms with E-state index in [1.807, 2.05) is 29.2 Å². The van der Waals surface area contributed by atoms with Crippen molar-refractivity contribution in [2.45, 2.75) is 6.42 Å². The smallest absolute Gasteiger partial charge is 0.185 e. The lowest BCUT2D eigenvalue weighted by molar-refractivity contribution is 0.602. The summed E-state index contributed by atoms with van der Waals surface area (Å²) in [6, 6.07) is 7.61. The van der Waals surface area contributed by atoms with Crippen molar-refractivity contribution in [1.29, 1.82) is 0 Å². The van der Waals surface area contributed by atoms with E-state index < -0.39 is 5.82 Å². The fourth-order valence-electron chi connectivity index (χ4n) is 3.53. The fraction of sp³-hybridized carbons (Fsp3) is 0.263. The third kappa shape index (κ3) is 3.33. The molecule has 10 heteroatoms. The molecule has 0 aliphatic carbocycles. The second kappa shape index (κ2) is 7.38. The highest BCUT2D eigenvalue weighted by Gasteiger charge is 2.20. The number of hydrogen-bond acceptors (Lipinski definition) is 8. The van der Waals surface area contributed by atoms with Gasteiger partial charge < -0.3 is 9.80 Å². The molecule has 1 aliphatic heterocycles. The van der Waals surface area contributed by atoms with Crippen molar-refractivity contribution in [1.82, 2.24) is 34.8 Å². The van der Waals surface area contributed by atoms with E-state index in [2.05, 4.69) is 30.0 Å². The molecule has 0 bridgehead atoms. The molecule has 0 spiro atoms. The Kier molecular flexibility index (Phi) is 4.43. The minimum atomic E-state index is -0.396. The van der Waals surface area contributed by atoms with E-state index in [4.69, 9.17) is 5.10 Å². The van der Waals surface area contributed by atoms with Crippen LogP contribution in [0, 0.1) is 5.82 Å². The van der Waals surface area contributed by atoms with E-state index in [0.29, 0.717) is 30.4 Å². The van der Waals surface area contributed by atoms with Gasteiger partial charge in [-0.15, -0.1) is 15.3 Å². The van der Waals surface area contributed by atoms with Gasteiger partial charge in [-0.05, 0) is 30.7 Å². The quantitative estimate of drug-likeness (QED) is 0.523. The summed E-state index contributed by atoms with van der Waals surface area (Å²) in [4.78, 5) is 16.0. The second-order valence-corrected chi connectivity index (χ2v) is 6.74. The van der Waals surface area contributed by atoms with E-state index in [1.165, 1.54) is 12.5 Å². The third-order valence-corrected chi connectivity index (χ3v) is 4.95. The molecule has 9 nitrogen and oxygen atoms in total.